The summed E-state index contributed by atoms with van der Waals surface area (Å²) in [6, 6.07) is 9.29. The number of nitrogens with one attached hydrogen (secondary N) is 1. The normalized spacial score (nSPS) is 19.3. The van der Waals surface area contributed by atoms with Crippen LogP contribution in [0.15, 0.2) is 41.3 Å². The van der Waals surface area contributed by atoms with E-state index in [-0.39, 0.29) is 10.5 Å². The Hall–Kier alpha value is -2.78. The Bertz CT molecular complexity index is 1060. The van der Waals surface area contributed by atoms with Gasteiger partial charge >= 0.3 is 0 Å². The maximum absolute atomic E-state index is 13.0. The molecule has 0 aromatic heterocycles. The van der Waals surface area contributed by atoms with Crippen LogP contribution in [0, 0.1) is 11.8 Å². The summed E-state index contributed by atoms with van der Waals surface area (Å²) in [5, 5.41) is 2.77. The zero-order valence-electron chi connectivity index (χ0n) is 19.0. The van der Waals surface area contributed by atoms with Crippen molar-refractivity contribution in [3.63, 3.8) is 0 Å². The lowest BCUT2D eigenvalue weighted by atomic mass is 9.94. The number of hydrogen-bond donors (Lipinski definition) is 1. The van der Waals surface area contributed by atoms with E-state index in [0.29, 0.717) is 47.9 Å². The van der Waals surface area contributed by atoms with E-state index in [1.54, 1.807) is 22.5 Å². The van der Waals surface area contributed by atoms with Crippen LogP contribution in [-0.2, 0) is 10.0 Å². The van der Waals surface area contributed by atoms with Gasteiger partial charge in [-0.1, -0.05) is 13.8 Å². The maximum Gasteiger partial charge on any atom is 0.259 e. The second kappa shape index (κ2) is 9.79. The summed E-state index contributed by atoms with van der Waals surface area (Å²) in [5.41, 5.74) is 0.726. The molecule has 0 spiro atoms. The standard InChI is InChI=1S/C23H30N2O6S/c1-15-10-16(2)14-25(13-15)32(27,28)18-8-6-17(7-9-18)24-23(26)19-11-21(30-4)22(31-5)12-20(19)29-3/h6-9,11-12,15-16H,10,13-14H2,1-5H3,(H,24,26). The van der Waals surface area contributed by atoms with Gasteiger partial charge in [-0.05, 0) is 42.5 Å². The number of ether oxygens (including phenoxy) is 3. The fourth-order valence-corrected chi connectivity index (χ4v) is 5.75. The van der Waals surface area contributed by atoms with Crippen LogP contribution in [0.4, 0.5) is 5.69 Å². The molecule has 2 atom stereocenters. The summed E-state index contributed by atoms with van der Waals surface area (Å²) in [7, 11) is 0.855. The first-order valence-electron chi connectivity index (χ1n) is 10.4. The number of benzene rings is 2. The quantitative estimate of drug-likeness (QED) is 0.675. The predicted octanol–water partition coefficient (Wildman–Crippen LogP) is 3.63. The van der Waals surface area contributed by atoms with Gasteiger partial charge in [0.05, 0.1) is 31.8 Å². The maximum atomic E-state index is 13.0. The molecule has 2 unspecified atom stereocenters. The molecule has 1 aliphatic rings. The monoisotopic (exact) mass is 462 g/mol. The predicted molar refractivity (Wildman–Crippen MR) is 122 cm³/mol. The van der Waals surface area contributed by atoms with Crippen molar-refractivity contribution >= 4 is 21.6 Å². The Balaban J connectivity index is 1.79. The molecule has 2 aromatic carbocycles. The van der Waals surface area contributed by atoms with Gasteiger partial charge < -0.3 is 19.5 Å². The first-order chi connectivity index (χ1) is 15.2. The zero-order chi connectivity index (χ0) is 23.5. The second-order valence-electron chi connectivity index (χ2n) is 8.15. The molecule has 8 nitrogen and oxygen atoms in total. The van der Waals surface area contributed by atoms with Crippen LogP contribution in [0.25, 0.3) is 0 Å². The van der Waals surface area contributed by atoms with Crippen LogP contribution in [-0.4, -0.2) is 53.0 Å². The van der Waals surface area contributed by atoms with E-state index in [0.717, 1.165) is 6.42 Å². The van der Waals surface area contributed by atoms with Gasteiger partial charge in [0.15, 0.2) is 11.5 Å². The number of carbonyl (C=O) groups is 1. The van der Waals surface area contributed by atoms with Gasteiger partial charge in [-0.25, -0.2) is 8.42 Å². The summed E-state index contributed by atoms with van der Waals surface area (Å²) in [6.07, 6.45) is 1.02. The molecule has 174 valence electrons. The highest BCUT2D eigenvalue weighted by Gasteiger charge is 2.31. The van der Waals surface area contributed by atoms with Gasteiger partial charge in [-0.3, -0.25) is 4.79 Å². The second-order valence-corrected chi connectivity index (χ2v) is 10.1. The third kappa shape index (κ3) is 4.99. The molecule has 1 heterocycles. The first-order valence-corrected chi connectivity index (χ1v) is 11.8. The summed E-state index contributed by atoms with van der Waals surface area (Å²) in [5.74, 6) is 1.39. The van der Waals surface area contributed by atoms with E-state index in [4.69, 9.17) is 14.2 Å². The van der Waals surface area contributed by atoms with Crippen molar-refractivity contribution in [1.82, 2.24) is 4.31 Å². The average molecular weight is 463 g/mol. The van der Waals surface area contributed by atoms with Crippen molar-refractivity contribution in [2.24, 2.45) is 11.8 Å². The van der Waals surface area contributed by atoms with Crippen LogP contribution in [0.2, 0.25) is 0 Å². The number of methoxy groups -OCH3 is 3. The number of rotatable bonds is 7. The molecule has 2 aromatic rings. The van der Waals surface area contributed by atoms with Crippen molar-refractivity contribution in [2.45, 2.75) is 25.2 Å². The lowest BCUT2D eigenvalue weighted by Gasteiger charge is -2.34. The van der Waals surface area contributed by atoms with Gasteiger partial charge in [0.2, 0.25) is 10.0 Å². The topological polar surface area (TPSA) is 94.2 Å². The van der Waals surface area contributed by atoms with Gasteiger partial charge in [0.1, 0.15) is 5.75 Å². The third-order valence-electron chi connectivity index (χ3n) is 5.54. The van der Waals surface area contributed by atoms with Crippen molar-refractivity contribution in [3.05, 3.63) is 42.0 Å². The molecule has 1 aliphatic heterocycles. The molecule has 32 heavy (non-hydrogen) atoms. The molecular formula is C23H30N2O6S. The molecule has 1 amide bonds. The van der Waals surface area contributed by atoms with Gasteiger partial charge in [-0.15, -0.1) is 0 Å². The van der Waals surface area contributed by atoms with Crippen molar-refractivity contribution < 1.29 is 27.4 Å². The van der Waals surface area contributed by atoms with E-state index in [1.165, 1.54) is 39.5 Å². The fraction of sp³-hybridized carbons (Fsp3) is 0.435. The summed E-state index contributed by atoms with van der Waals surface area (Å²) in [4.78, 5) is 13.1. The molecule has 9 heteroatoms. The summed E-state index contributed by atoms with van der Waals surface area (Å²) >= 11 is 0. The molecular weight excluding hydrogens is 432 g/mol. The van der Waals surface area contributed by atoms with Crippen molar-refractivity contribution in [3.8, 4) is 17.2 Å². The number of sulfonamides is 1. The fourth-order valence-electron chi connectivity index (χ4n) is 4.07. The van der Waals surface area contributed by atoms with Crippen LogP contribution >= 0.6 is 0 Å². The van der Waals surface area contributed by atoms with Crippen molar-refractivity contribution in [1.29, 1.82) is 0 Å². The van der Waals surface area contributed by atoms with Gasteiger partial charge in [-0.2, -0.15) is 4.31 Å². The molecule has 0 aliphatic carbocycles. The molecule has 1 fully saturated rings. The number of anilines is 1. The molecule has 0 radical (unpaired) electrons. The van der Waals surface area contributed by atoms with Crippen LogP contribution in [0.5, 0.6) is 17.2 Å². The smallest absolute Gasteiger partial charge is 0.259 e. The largest absolute Gasteiger partial charge is 0.496 e. The number of hydrogen-bond acceptors (Lipinski definition) is 6. The molecule has 0 bridgehead atoms. The Labute approximate surface area is 189 Å². The highest BCUT2D eigenvalue weighted by Crippen LogP contribution is 2.35. The lowest BCUT2D eigenvalue weighted by molar-refractivity contribution is 0.102. The van der Waals surface area contributed by atoms with E-state index < -0.39 is 15.9 Å². The Morgan fingerprint density at radius 1 is 0.906 bits per heavy atom. The number of carbonyl (C=O) groups excluding carboxylic acids is 1. The van der Waals surface area contributed by atoms with E-state index >= 15 is 0 Å². The van der Waals surface area contributed by atoms with Gasteiger partial charge in [0.25, 0.3) is 5.91 Å². The molecule has 1 saturated heterocycles. The zero-order valence-corrected chi connectivity index (χ0v) is 19.9. The third-order valence-corrected chi connectivity index (χ3v) is 7.38. The highest BCUT2D eigenvalue weighted by molar-refractivity contribution is 7.89. The first kappa shape index (κ1) is 23.9. The van der Waals surface area contributed by atoms with Crippen LogP contribution in [0.1, 0.15) is 30.6 Å². The Kier molecular flexibility index (Phi) is 7.30. The van der Waals surface area contributed by atoms with E-state index in [1.807, 2.05) is 0 Å². The summed E-state index contributed by atoms with van der Waals surface area (Å²) < 4.78 is 43.5. The van der Waals surface area contributed by atoms with Crippen molar-refractivity contribution in [2.75, 3.05) is 39.7 Å². The number of nitrogens with zero attached hydrogens (tertiary/aromatic N) is 1. The average Bonchev–Trinajstić information content (AvgIpc) is 2.77. The Morgan fingerprint density at radius 3 is 1.97 bits per heavy atom. The van der Waals surface area contributed by atoms with Gasteiger partial charge in [0, 0.05) is 30.9 Å². The van der Waals surface area contributed by atoms with E-state index in [9.17, 15) is 13.2 Å². The molecule has 1 N–H and O–H groups in total. The lowest BCUT2D eigenvalue weighted by Crippen LogP contribution is -2.42. The minimum absolute atomic E-state index is 0.209. The SMILES string of the molecule is COc1cc(OC)c(C(=O)Nc2ccc(S(=O)(=O)N3CC(C)CC(C)C3)cc2)cc1OC. The molecule has 0 saturated carbocycles. The van der Waals surface area contributed by atoms with Crippen LogP contribution < -0.4 is 19.5 Å². The Morgan fingerprint density at radius 2 is 1.44 bits per heavy atom. The van der Waals surface area contributed by atoms with E-state index in [2.05, 4.69) is 19.2 Å². The minimum Gasteiger partial charge on any atom is -0.496 e. The minimum atomic E-state index is -3.58. The van der Waals surface area contributed by atoms with Crippen LogP contribution in [0.3, 0.4) is 0 Å². The highest BCUT2D eigenvalue weighted by atomic mass is 32.2. The molecule has 3 rings (SSSR count). The number of amides is 1. The number of piperidine rings is 1. The summed E-state index contributed by atoms with van der Waals surface area (Å²) in [6.45, 7) is 5.17.